The number of methoxy groups -OCH3 is 1. The Morgan fingerprint density at radius 3 is 2.13 bits per heavy atom. The third-order valence-electron chi connectivity index (χ3n) is 5.09. The molecular formula is C22H24N2O6. The molecule has 0 bridgehead atoms. The first-order valence-corrected chi connectivity index (χ1v) is 9.57. The van der Waals surface area contributed by atoms with Gasteiger partial charge in [0, 0.05) is 13.0 Å². The lowest BCUT2D eigenvalue weighted by Gasteiger charge is -2.18. The van der Waals surface area contributed by atoms with Crippen LogP contribution in [0.4, 0.5) is 4.79 Å². The van der Waals surface area contributed by atoms with Crippen LogP contribution in [0.1, 0.15) is 24.0 Å². The molecule has 158 valence electrons. The van der Waals surface area contributed by atoms with Crippen molar-refractivity contribution in [3.8, 4) is 11.1 Å². The van der Waals surface area contributed by atoms with Crippen LogP contribution < -0.4 is 10.6 Å². The molecule has 0 heterocycles. The molecule has 8 heteroatoms. The molecule has 1 aliphatic carbocycles. The van der Waals surface area contributed by atoms with E-state index in [0.717, 1.165) is 22.3 Å². The van der Waals surface area contributed by atoms with Gasteiger partial charge in [-0.3, -0.25) is 4.79 Å². The van der Waals surface area contributed by atoms with E-state index in [2.05, 4.69) is 10.6 Å². The van der Waals surface area contributed by atoms with Gasteiger partial charge in [0.05, 0.1) is 6.54 Å². The van der Waals surface area contributed by atoms with E-state index in [9.17, 15) is 14.4 Å². The Kier molecular flexibility index (Phi) is 6.68. The quantitative estimate of drug-likeness (QED) is 0.612. The predicted molar refractivity (Wildman–Crippen MR) is 109 cm³/mol. The van der Waals surface area contributed by atoms with Crippen LogP contribution in [-0.2, 0) is 19.1 Å². The number of hydrogen-bond donors (Lipinski definition) is 3. The van der Waals surface area contributed by atoms with Crippen LogP contribution in [0.25, 0.3) is 11.1 Å². The Bertz CT molecular complexity index is 899. The zero-order chi connectivity index (χ0) is 21.7. The maximum atomic E-state index is 12.2. The number of benzene rings is 2. The molecule has 30 heavy (non-hydrogen) atoms. The second-order valence-electron chi connectivity index (χ2n) is 7.00. The van der Waals surface area contributed by atoms with Gasteiger partial charge in [-0.1, -0.05) is 48.5 Å². The molecule has 2 unspecified atom stereocenters. The molecule has 0 aliphatic heterocycles. The van der Waals surface area contributed by atoms with Crippen LogP contribution in [0.3, 0.4) is 0 Å². The fourth-order valence-electron chi connectivity index (χ4n) is 3.50. The highest BCUT2D eigenvalue weighted by Crippen LogP contribution is 2.44. The van der Waals surface area contributed by atoms with E-state index in [0.29, 0.717) is 0 Å². The maximum Gasteiger partial charge on any atom is 0.407 e. The van der Waals surface area contributed by atoms with Gasteiger partial charge in [-0.25, -0.2) is 9.59 Å². The van der Waals surface area contributed by atoms with Crippen molar-refractivity contribution < 1.29 is 29.0 Å². The Morgan fingerprint density at radius 2 is 1.60 bits per heavy atom. The van der Waals surface area contributed by atoms with Crippen molar-refractivity contribution in [3.05, 3.63) is 59.7 Å². The summed E-state index contributed by atoms with van der Waals surface area (Å²) >= 11 is 0. The van der Waals surface area contributed by atoms with Gasteiger partial charge in [0.15, 0.2) is 6.10 Å². The lowest BCUT2D eigenvalue weighted by molar-refractivity contribution is -0.148. The minimum Gasteiger partial charge on any atom is -0.479 e. The Morgan fingerprint density at radius 1 is 1.03 bits per heavy atom. The van der Waals surface area contributed by atoms with Crippen molar-refractivity contribution in [2.45, 2.75) is 25.0 Å². The van der Waals surface area contributed by atoms with Crippen LogP contribution in [0.15, 0.2) is 48.5 Å². The van der Waals surface area contributed by atoms with E-state index < -0.39 is 30.1 Å². The van der Waals surface area contributed by atoms with E-state index >= 15 is 0 Å². The summed E-state index contributed by atoms with van der Waals surface area (Å²) in [5.41, 5.74) is 4.44. The van der Waals surface area contributed by atoms with Gasteiger partial charge in [0.25, 0.3) is 0 Å². The minimum absolute atomic E-state index is 0.0784. The predicted octanol–water partition coefficient (Wildman–Crippen LogP) is 2.13. The summed E-state index contributed by atoms with van der Waals surface area (Å²) < 4.78 is 10.1. The molecule has 0 fully saturated rings. The molecule has 2 aromatic rings. The number of amides is 2. The van der Waals surface area contributed by atoms with E-state index in [4.69, 9.17) is 14.6 Å². The molecule has 0 radical (unpaired) electrons. The number of rotatable bonds is 8. The highest BCUT2D eigenvalue weighted by Gasteiger charge is 2.29. The zero-order valence-corrected chi connectivity index (χ0v) is 16.8. The second kappa shape index (κ2) is 9.41. The molecule has 0 saturated carbocycles. The molecule has 2 amide bonds. The summed E-state index contributed by atoms with van der Waals surface area (Å²) in [5, 5.41) is 13.8. The van der Waals surface area contributed by atoms with Gasteiger partial charge in [-0.15, -0.1) is 0 Å². The molecule has 2 aromatic carbocycles. The normalized spacial score (nSPS) is 14.2. The lowest BCUT2D eigenvalue weighted by atomic mass is 9.98. The molecule has 3 N–H and O–H groups in total. The number of nitrogens with one attached hydrogen (secondary N) is 2. The number of hydrogen-bond acceptors (Lipinski definition) is 5. The van der Waals surface area contributed by atoms with E-state index in [1.165, 1.54) is 14.0 Å². The van der Waals surface area contributed by atoms with Crippen molar-refractivity contribution in [3.63, 3.8) is 0 Å². The minimum atomic E-state index is -1.19. The fraction of sp³-hybridized carbons (Fsp3) is 0.318. The number of carbonyl (C=O) groups excluding carboxylic acids is 2. The van der Waals surface area contributed by atoms with Crippen molar-refractivity contribution >= 4 is 18.0 Å². The molecule has 3 rings (SSSR count). The summed E-state index contributed by atoms with van der Waals surface area (Å²) in [7, 11) is 1.24. The number of aliphatic carboxylic acids is 1. The van der Waals surface area contributed by atoms with Crippen LogP contribution >= 0.6 is 0 Å². The van der Waals surface area contributed by atoms with Crippen LogP contribution in [0, 0.1) is 0 Å². The number of carbonyl (C=O) groups is 3. The fourth-order valence-corrected chi connectivity index (χ4v) is 3.50. The summed E-state index contributed by atoms with van der Waals surface area (Å²) in [6.07, 6.45) is -1.88. The number of ether oxygens (including phenoxy) is 2. The third-order valence-corrected chi connectivity index (χ3v) is 5.09. The van der Waals surface area contributed by atoms with E-state index in [1.54, 1.807) is 0 Å². The Balaban J connectivity index is 1.55. The topological polar surface area (TPSA) is 114 Å². The molecule has 0 saturated heterocycles. The first-order chi connectivity index (χ1) is 14.4. The van der Waals surface area contributed by atoms with Gasteiger partial charge in [0.2, 0.25) is 5.91 Å². The average molecular weight is 412 g/mol. The molecule has 0 aromatic heterocycles. The van der Waals surface area contributed by atoms with Crippen molar-refractivity contribution in [1.29, 1.82) is 0 Å². The first-order valence-electron chi connectivity index (χ1n) is 9.57. The number of carboxylic acids is 1. The molecule has 8 nitrogen and oxygen atoms in total. The maximum absolute atomic E-state index is 12.2. The molecule has 1 aliphatic rings. The number of fused-ring (bicyclic) bond motifs is 3. The van der Waals surface area contributed by atoms with Gasteiger partial charge in [0.1, 0.15) is 12.6 Å². The second-order valence-corrected chi connectivity index (χ2v) is 7.00. The van der Waals surface area contributed by atoms with Gasteiger partial charge >= 0.3 is 12.1 Å². The van der Waals surface area contributed by atoms with Crippen molar-refractivity contribution in [2.75, 3.05) is 20.3 Å². The zero-order valence-electron chi connectivity index (χ0n) is 16.8. The number of carboxylic acid groups (broad SMARTS) is 1. The summed E-state index contributed by atoms with van der Waals surface area (Å²) in [5.74, 6) is -1.80. The Labute approximate surface area is 174 Å². The highest BCUT2D eigenvalue weighted by atomic mass is 16.5. The van der Waals surface area contributed by atoms with Crippen LogP contribution in [0.5, 0.6) is 0 Å². The van der Waals surface area contributed by atoms with Crippen molar-refractivity contribution in [2.24, 2.45) is 0 Å². The molecular weight excluding hydrogens is 388 g/mol. The molecule has 0 spiro atoms. The Hall–Kier alpha value is -3.39. The summed E-state index contributed by atoms with van der Waals surface area (Å²) in [6.45, 7) is 1.42. The monoisotopic (exact) mass is 412 g/mol. The van der Waals surface area contributed by atoms with Crippen molar-refractivity contribution in [1.82, 2.24) is 10.6 Å². The third kappa shape index (κ3) is 4.60. The largest absolute Gasteiger partial charge is 0.479 e. The SMILES string of the molecule is COC(CNC(=O)C(C)NC(=O)OCC1c2ccccc2-c2ccccc21)C(=O)O. The van der Waals surface area contributed by atoms with Crippen LogP contribution in [-0.4, -0.2) is 55.5 Å². The summed E-state index contributed by atoms with van der Waals surface area (Å²) in [6, 6.07) is 15.1. The van der Waals surface area contributed by atoms with Crippen LogP contribution in [0.2, 0.25) is 0 Å². The van der Waals surface area contributed by atoms with E-state index in [-0.39, 0.29) is 19.1 Å². The van der Waals surface area contributed by atoms with Gasteiger partial charge in [-0.2, -0.15) is 0 Å². The smallest absolute Gasteiger partial charge is 0.407 e. The summed E-state index contributed by atoms with van der Waals surface area (Å²) in [4.78, 5) is 35.2. The first kappa shape index (κ1) is 21.3. The van der Waals surface area contributed by atoms with E-state index in [1.807, 2.05) is 48.5 Å². The van der Waals surface area contributed by atoms with Gasteiger partial charge < -0.3 is 25.2 Å². The average Bonchev–Trinajstić information content (AvgIpc) is 3.06. The molecule has 2 atom stereocenters. The lowest BCUT2D eigenvalue weighted by Crippen LogP contribution is -2.48. The standard InChI is InChI=1S/C22H24N2O6/c1-13(20(25)23-11-19(29-2)21(26)27)24-22(28)30-12-18-16-9-5-3-7-14(16)15-8-4-6-10-17(15)18/h3-10,13,18-19H,11-12H2,1-2H3,(H,23,25)(H,24,28)(H,26,27). The van der Waals surface area contributed by atoms with Gasteiger partial charge in [-0.05, 0) is 29.2 Å². The highest BCUT2D eigenvalue weighted by molar-refractivity contribution is 5.86. The number of alkyl carbamates (subject to hydrolysis) is 1.